The summed E-state index contributed by atoms with van der Waals surface area (Å²) in [6.45, 7) is 2.42. The molecule has 2 fully saturated rings. The number of rotatable bonds is 6. The number of aryl methyl sites for hydroxylation is 1. The number of nitrogens with zero attached hydrogens (tertiary/aromatic N) is 12. The first-order valence-corrected chi connectivity index (χ1v) is 13.5. The quantitative estimate of drug-likeness (QED) is 0.325. The summed E-state index contributed by atoms with van der Waals surface area (Å²) in [5.41, 5.74) is 4.76. The van der Waals surface area contributed by atoms with E-state index in [4.69, 9.17) is 9.72 Å². The van der Waals surface area contributed by atoms with Crippen LogP contribution in [0.2, 0.25) is 0 Å². The molecule has 0 amide bonds. The highest BCUT2D eigenvalue weighted by atomic mass is 16.5. The third-order valence-electron chi connectivity index (χ3n) is 7.55. The lowest BCUT2D eigenvalue weighted by molar-refractivity contribution is 0.0273. The van der Waals surface area contributed by atoms with E-state index in [0.717, 1.165) is 28.9 Å². The highest BCUT2D eigenvalue weighted by Crippen LogP contribution is 2.29. The summed E-state index contributed by atoms with van der Waals surface area (Å²) in [5.74, 6) is 0.689. The highest BCUT2D eigenvalue weighted by Gasteiger charge is 2.25. The molecule has 39 heavy (non-hydrogen) atoms. The van der Waals surface area contributed by atoms with E-state index in [-0.39, 0.29) is 6.10 Å². The largest absolute Gasteiger partial charge is 0.373 e. The van der Waals surface area contributed by atoms with Gasteiger partial charge in [-0.05, 0) is 12.8 Å². The van der Waals surface area contributed by atoms with E-state index in [9.17, 15) is 0 Å². The number of fused-ring (bicyclic) bond motifs is 1. The zero-order valence-corrected chi connectivity index (χ0v) is 21.8. The lowest BCUT2D eigenvalue weighted by Gasteiger charge is -2.32. The minimum Gasteiger partial charge on any atom is -0.373 e. The molecule has 0 aromatic carbocycles. The Hall–Kier alpha value is -4.26. The number of aromatic nitrogens is 11. The van der Waals surface area contributed by atoms with Gasteiger partial charge in [-0.25, -0.2) is 24.6 Å². The summed E-state index contributed by atoms with van der Waals surface area (Å²) >= 11 is 0. The van der Waals surface area contributed by atoms with Crippen LogP contribution in [0.5, 0.6) is 0 Å². The summed E-state index contributed by atoms with van der Waals surface area (Å²) in [5, 5.41) is 17.3. The molecule has 0 N–H and O–H groups in total. The van der Waals surface area contributed by atoms with Crippen molar-refractivity contribution in [2.24, 2.45) is 7.05 Å². The Morgan fingerprint density at radius 2 is 1.74 bits per heavy atom. The molecule has 1 aliphatic carbocycles. The first-order valence-electron chi connectivity index (χ1n) is 13.5. The molecule has 1 saturated heterocycles. The minimum absolute atomic E-state index is 0.121. The zero-order chi connectivity index (χ0) is 26.2. The molecule has 5 aromatic heterocycles. The molecule has 13 heteroatoms. The van der Waals surface area contributed by atoms with E-state index in [1.165, 1.54) is 32.1 Å². The average Bonchev–Trinajstić information content (AvgIpc) is 3.74. The maximum absolute atomic E-state index is 6.07. The van der Waals surface area contributed by atoms with Crippen molar-refractivity contribution in [3.63, 3.8) is 0 Å². The van der Waals surface area contributed by atoms with Gasteiger partial charge in [0.05, 0.1) is 49.6 Å². The maximum atomic E-state index is 6.07. The van der Waals surface area contributed by atoms with Crippen molar-refractivity contribution in [1.29, 1.82) is 0 Å². The molecular weight excluding hydrogens is 496 g/mol. The molecule has 7 rings (SSSR count). The van der Waals surface area contributed by atoms with Crippen LogP contribution >= 0.6 is 0 Å². The fourth-order valence-electron chi connectivity index (χ4n) is 5.44. The van der Waals surface area contributed by atoms with Crippen LogP contribution in [0.4, 0.5) is 5.95 Å². The van der Waals surface area contributed by atoms with Gasteiger partial charge in [-0.1, -0.05) is 24.5 Å². The standard InChI is InChI=1S/C26H30N12O/c1-35-14-20(12-30-35)23-13-27-24-25(32-23)38(34-33-24)17-22-16-36(7-8-39-22)26-28-9-18(10-29-26)19-11-31-37(15-19)21-5-3-2-4-6-21/h9-15,21-22H,2-8,16-17H2,1H3/t22-/m0/s1. The van der Waals surface area contributed by atoms with Gasteiger partial charge in [0, 0.05) is 61.6 Å². The third-order valence-corrected chi connectivity index (χ3v) is 7.55. The molecular formula is C26H30N12O. The van der Waals surface area contributed by atoms with Crippen LogP contribution in [0.3, 0.4) is 0 Å². The highest BCUT2D eigenvalue weighted by molar-refractivity contribution is 5.69. The Bertz CT molecular complexity index is 1570. The second kappa shape index (κ2) is 10.1. The minimum atomic E-state index is -0.121. The van der Waals surface area contributed by atoms with E-state index in [1.54, 1.807) is 21.8 Å². The van der Waals surface area contributed by atoms with Crippen molar-refractivity contribution < 1.29 is 4.74 Å². The Morgan fingerprint density at radius 1 is 0.897 bits per heavy atom. The summed E-state index contributed by atoms with van der Waals surface area (Å²) in [7, 11) is 1.87. The van der Waals surface area contributed by atoms with E-state index in [2.05, 4.69) is 51.2 Å². The molecule has 0 spiro atoms. The van der Waals surface area contributed by atoms with Gasteiger partial charge in [-0.2, -0.15) is 10.2 Å². The predicted octanol–water partition coefficient (Wildman–Crippen LogP) is 2.69. The smallest absolute Gasteiger partial charge is 0.225 e. The van der Waals surface area contributed by atoms with Gasteiger partial charge < -0.3 is 9.64 Å². The summed E-state index contributed by atoms with van der Waals surface area (Å²) in [6, 6.07) is 0.507. The van der Waals surface area contributed by atoms with Gasteiger partial charge >= 0.3 is 0 Å². The molecule has 2 aliphatic rings. The molecule has 5 aromatic rings. The summed E-state index contributed by atoms with van der Waals surface area (Å²) in [6.07, 6.45) is 19.4. The zero-order valence-electron chi connectivity index (χ0n) is 21.8. The first kappa shape index (κ1) is 23.8. The van der Waals surface area contributed by atoms with Crippen LogP contribution in [0.15, 0.2) is 43.4 Å². The number of ether oxygens (including phenoxy) is 1. The number of hydrogen-bond acceptors (Lipinski definition) is 10. The lowest BCUT2D eigenvalue weighted by atomic mass is 9.96. The maximum Gasteiger partial charge on any atom is 0.225 e. The Labute approximate surface area is 224 Å². The lowest BCUT2D eigenvalue weighted by Crippen LogP contribution is -2.45. The fraction of sp³-hybridized carbons (Fsp3) is 0.462. The van der Waals surface area contributed by atoms with E-state index >= 15 is 0 Å². The average molecular weight is 527 g/mol. The Balaban J connectivity index is 1.04. The molecule has 6 heterocycles. The monoisotopic (exact) mass is 526 g/mol. The van der Waals surface area contributed by atoms with Crippen LogP contribution in [-0.2, 0) is 18.3 Å². The van der Waals surface area contributed by atoms with Crippen molar-refractivity contribution >= 4 is 17.2 Å². The van der Waals surface area contributed by atoms with Gasteiger partial charge in [0.15, 0.2) is 5.65 Å². The van der Waals surface area contributed by atoms with Crippen LogP contribution < -0.4 is 4.90 Å². The van der Waals surface area contributed by atoms with Gasteiger partial charge in [-0.3, -0.25) is 9.36 Å². The van der Waals surface area contributed by atoms with E-state index < -0.39 is 0 Å². The second-order valence-electron chi connectivity index (χ2n) is 10.3. The Kier molecular flexibility index (Phi) is 6.19. The molecule has 0 radical (unpaired) electrons. The number of anilines is 1. The molecule has 1 aliphatic heterocycles. The number of hydrogen-bond donors (Lipinski definition) is 0. The molecule has 13 nitrogen and oxygen atoms in total. The van der Waals surface area contributed by atoms with Crippen LogP contribution in [-0.4, -0.2) is 80.3 Å². The molecule has 0 bridgehead atoms. The van der Waals surface area contributed by atoms with Gasteiger partial charge in [-0.15, -0.1) is 5.10 Å². The molecule has 200 valence electrons. The van der Waals surface area contributed by atoms with Crippen molar-refractivity contribution in [3.05, 3.63) is 43.4 Å². The fourth-order valence-corrected chi connectivity index (χ4v) is 5.44. The van der Waals surface area contributed by atoms with E-state index in [0.29, 0.717) is 43.0 Å². The van der Waals surface area contributed by atoms with Gasteiger partial charge in [0.25, 0.3) is 0 Å². The summed E-state index contributed by atoms with van der Waals surface area (Å²) in [4.78, 5) is 20.7. The van der Waals surface area contributed by atoms with Crippen molar-refractivity contribution in [1.82, 2.24) is 54.5 Å². The Morgan fingerprint density at radius 3 is 2.56 bits per heavy atom. The van der Waals surface area contributed by atoms with Crippen LogP contribution in [0.25, 0.3) is 33.7 Å². The third kappa shape index (κ3) is 4.85. The van der Waals surface area contributed by atoms with Crippen LogP contribution in [0, 0.1) is 0 Å². The van der Waals surface area contributed by atoms with Crippen molar-refractivity contribution in [2.75, 3.05) is 24.6 Å². The summed E-state index contributed by atoms with van der Waals surface area (Å²) < 4.78 is 11.7. The number of morpholine rings is 1. The first-order chi connectivity index (χ1) is 19.2. The van der Waals surface area contributed by atoms with Gasteiger partial charge in [0.1, 0.15) is 0 Å². The molecule has 0 unspecified atom stereocenters. The van der Waals surface area contributed by atoms with Crippen molar-refractivity contribution in [3.8, 4) is 22.4 Å². The molecule has 1 saturated carbocycles. The second-order valence-corrected chi connectivity index (χ2v) is 10.3. The van der Waals surface area contributed by atoms with E-state index in [1.807, 2.05) is 31.8 Å². The normalized spacial score (nSPS) is 18.7. The molecule has 1 atom stereocenters. The topological polar surface area (TPSA) is 130 Å². The SMILES string of the molecule is Cn1cc(-c2cnc3nnn(C[C@@H]4CN(c5ncc(-c6cnn(C7CCCCC7)c6)cn5)CCO4)c3n2)cn1. The van der Waals surface area contributed by atoms with Crippen LogP contribution in [0.1, 0.15) is 38.1 Å². The van der Waals surface area contributed by atoms with Crippen molar-refractivity contribution in [2.45, 2.75) is 50.8 Å². The predicted molar refractivity (Wildman–Crippen MR) is 143 cm³/mol. The van der Waals surface area contributed by atoms with Gasteiger partial charge in [0.2, 0.25) is 11.6 Å².